The van der Waals surface area contributed by atoms with Crippen LogP contribution in [0.5, 0.6) is 0 Å². The summed E-state index contributed by atoms with van der Waals surface area (Å²) in [6, 6.07) is 5.09. The SMILES string of the molecule is COC(C)c1nnc(NC(=O)Cc2ccc(Cl)c(Cl)c2)s1. The third-order valence-electron chi connectivity index (χ3n) is 2.74. The van der Waals surface area contributed by atoms with E-state index in [1.807, 2.05) is 6.92 Å². The van der Waals surface area contributed by atoms with Crippen LogP contribution in [0.3, 0.4) is 0 Å². The van der Waals surface area contributed by atoms with Gasteiger partial charge in [-0.15, -0.1) is 10.2 Å². The second kappa shape index (κ2) is 7.17. The Labute approximate surface area is 136 Å². The van der Waals surface area contributed by atoms with Crippen molar-refractivity contribution in [3.8, 4) is 0 Å². The predicted octanol–water partition coefficient (Wildman–Crippen LogP) is 3.73. The van der Waals surface area contributed by atoms with Crippen molar-refractivity contribution in [1.29, 1.82) is 0 Å². The van der Waals surface area contributed by atoms with Crippen LogP contribution in [0, 0.1) is 0 Å². The van der Waals surface area contributed by atoms with E-state index < -0.39 is 0 Å². The maximum absolute atomic E-state index is 11.9. The minimum Gasteiger partial charge on any atom is -0.374 e. The number of carbonyl (C=O) groups excluding carboxylic acids is 1. The first-order valence-corrected chi connectivity index (χ1v) is 7.67. The summed E-state index contributed by atoms with van der Waals surface area (Å²) in [7, 11) is 1.59. The zero-order valence-corrected chi connectivity index (χ0v) is 13.7. The molecule has 0 fully saturated rings. The summed E-state index contributed by atoms with van der Waals surface area (Å²) in [5.41, 5.74) is 0.775. The predicted molar refractivity (Wildman–Crippen MR) is 84.1 cm³/mol. The second-order valence-corrected chi connectivity index (χ2v) is 6.12. The number of rotatable bonds is 5. The van der Waals surface area contributed by atoms with Crippen LogP contribution < -0.4 is 5.32 Å². The molecular weight excluding hydrogens is 333 g/mol. The Kier molecular flexibility index (Phi) is 5.52. The molecule has 1 atom stereocenters. The van der Waals surface area contributed by atoms with Crippen molar-refractivity contribution in [3.05, 3.63) is 38.8 Å². The molecule has 1 aromatic heterocycles. The highest BCUT2D eigenvalue weighted by Gasteiger charge is 2.13. The molecule has 0 spiro atoms. The van der Waals surface area contributed by atoms with Crippen molar-refractivity contribution in [2.45, 2.75) is 19.4 Å². The lowest BCUT2D eigenvalue weighted by molar-refractivity contribution is -0.115. The van der Waals surface area contributed by atoms with E-state index in [-0.39, 0.29) is 18.4 Å². The number of nitrogens with zero attached hydrogens (tertiary/aromatic N) is 2. The number of hydrogen-bond donors (Lipinski definition) is 1. The summed E-state index contributed by atoms with van der Waals surface area (Å²) in [6.45, 7) is 1.86. The number of amides is 1. The molecule has 0 saturated heterocycles. The number of halogens is 2. The molecule has 5 nitrogen and oxygen atoms in total. The van der Waals surface area contributed by atoms with Gasteiger partial charge in [0.25, 0.3) is 0 Å². The van der Waals surface area contributed by atoms with E-state index in [2.05, 4.69) is 15.5 Å². The van der Waals surface area contributed by atoms with E-state index in [1.54, 1.807) is 25.3 Å². The molecule has 1 aromatic carbocycles. The Morgan fingerprint density at radius 2 is 2.14 bits per heavy atom. The molecule has 2 rings (SSSR count). The zero-order chi connectivity index (χ0) is 15.4. The van der Waals surface area contributed by atoms with Gasteiger partial charge in [0.2, 0.25) is 11.0 Å². The first-order chi connectivity index (χ1) is 9.99. The third-order valence-corrected chi connectivity index (χ3v) is 4.48. The van der Waals surface area contributed by atoms with Crippen molar-refractivity contribution in [1.82, 2.24) is 10.2 Å². The van der Waals surface area contributed by atoms with Crippen LogP contribution >= 0.6 is 34.5 Å². The Hall–Kier alpha value is -1.21. The Balaban J connectivity index is 1.98. The third kappa shape index (κ3) is 4.38. The van der Waals surface area contributed by atoms with E-state index in [4.69, 9.17) is 27.9 Å². The molecule has 0 aliphatic rings. The quantitative estimate of drug-likeness (QED) is 0.896. The average molecular weight is 346 g/mol. The van der Waals surface area contributed by atoms with E-state index in [0.29, 0.717) is 20.2 Å². The zero-order valence-electron chi connectivity index (χ0n) is 11.4. The summed E-state index contributed by atoms with van der Waals surface area (Å²) in [5, 5.41) is 12.6. The Bertz CT molecular complexity index is 648. The van der Waals surface area contributed by atoms with Crippen LogP contribution in [0.4, 0.5) is 5.13 Å². The lowest BCUT2D eigenvalue weighted by Gasteiger charge is -2.04. The number of benzene rings is 1. The van der Waals surface area contributed by atoms with Gasteiger partial charge in [-0.25, -0.2) is 0 Å². The van der Waals surface area contributed by atoms with Gasteiger partial charge in [0.1, 0.15) is 11.1 Å². The maximum Gasteiger partial charge on any atom is 0.230 e. The van der Waals surface area contributed by atoms with E-state index in [0.717, 1.165) is 5.56 Å². The lowest BCUT2D eigenvalue weighted by atomic mass is 10.1. The van der Waals surface area contributed by atoms with Gasteiger partial charge in [0.05, 0.1) is 16.5 Å². The molecule has 0 radical (unpaired) electrons. The molecule has 1 amide bonds. The largest absolute Gasteiger partial charge is 0.374 e. The molecule has 0 bridgehead atoms. The summed E-state index contributed by atoms with van der Waals surface area (Å²) < 4.78 is 5.14. The summed E-state index contributed by atoms with van der Waals surface area (Å²) >= 11 is 13.0. The molecule has 1 heterocycles. The molecular formula is C13H13Cl2N3O2S. The molecule has 1 unspecified atom stereocenters. The molecule has 112 valence electrons. The smallest absolute Gasteiger partial charge is 0.230 e. The monoisotopic (exact) mass is 345 g/mol. The topological polar surface area (TPSA) is 64.1 Å². The van der Waals surface area contributed by atoms with Gasteiger partial charge in [0.15, 0.2) is 0 Å². The van der Waals surface area contributed by atoms with Gasteiger partial charge >= 0.3 is 0 Å². The number of ether oxygens (including phenoxy) is 1. The van der Waals surface area contributed by atoms with Gasteiger partial charge in [-0.3, -0.25) is 4.79 Å². The number of nitrogens with one attached hydrogen (secondary N) is 1. The van der Waals surface area contributed by atoms with Crippen molar-refractivity contribution >= 4 is 45.6 Å². The lowest BCUT2D eigenvalue weighted by Crippen LogP contribution is -2.14. The molecule has 0 aliphatic carbocycles. The van der Waals surface area contributed by atoms with Gasteiger partial charge in [-0.05, 0) is 24.6 Å². The van der Waals surface area contributed by atoms with Crippen LogP contribution in [0.25, 0.3) is 0 Å². The van der Waals surface area contributed by atoms with Crippen LogP contribution in [0.15, 0.2) is 18.2 Å². The van der Waals surface area contributed by atoms with Crippen molar-refractivity contribution < 1.29 is 9.53 Å². The van der Waals surface area contributed by atoms with Gasteiger partial charge in [0, 0.05) is 7.11 Å². The summed E-state index contributed by atoms with van der Waals surface area (Å²) in [5.74, 6) is -0.193. The number of anilines is 1. The highest BCUT2D eigenvalue weighted by Crippen LogP contribution is 2.24. The maximum atomic E-state index is 11.9. The molecule has 8 heteroatoms. The van der Waals surface area contributed by atoms with Gasteiger partial charge in [-0.2, -0.15) is 0 Å². The van der Waals surface area contributed by atoms with Gasteiger partial charge < -0.3 is 10.1 Å². The summed E-state index contributed by atoms with van der Waals surface area (Å²) in [4.78, 5) is 11.9. The van der Waals surface area contributed by atoms with Crippen LogP contribution in [0.1, 0.15) is 23.6 Å². The first-order valence-electron chi connectivity index (χ1n) is 6.09. The fourth-order valence-corrected chi connectivity index (χ4v) is 2.66. The molecule has 0 saturated carbocycles. The van der Waals surface area contributed by atoms with Crippen molar-refractivity contribution in [2.24, 2.45) is 0 Å². The Morgan fingerprint density at radius 1 is 1.38 bits per heavy atom. The average Bonchev–Trinajstić information content (AvgIpc) is 2.90. The Morgan fingerprint density at radius 3 is 2.81 bits per heavy atom. The van der Waals surface area contributed by atoms with E-state index in [9.17, 15) is 4.79 Å². The molecule has 1 N–H and O–H groups in total. The number of methoxy groups -OCH3 is 1. The molecule has 2 aromatic rings. The number of aromatic nitrogens is 2. The molecule has 21 heavy (non-hydrogen) atoms. The fourth-order valence-electron chi connectivity index (χ4n) is 1.55. The minimum atomic E-state index is -0.193. The van der Waals surface area contributed by atoms with Crippen LogP contribution in [-0.2, 0) is 16.0 Å². The molecule has 0 aliphatic heterocycles. The van der Waals surface area contributed by atoms with Crippen LogP contribution in [-0.4, -0.2) is 23.2 Å². The van der Waals surface area contributed by atoms with Crippen molar-refractivity contribution in [3.63, 3.8) is 0 Å². The normalized spacial score (nSPS) is 12.2. The minimum absolute atomic E-state index is 0.150. The first kappa shape index (κ1) is 16.2. The van der Waals surface area contributed by atoms with Crippen molar-refractivity contribution in [2.75, 3.05) is 12.4 Å². The summed E-state index contributed by atoms with van der Waals surface area (Å²) in [6.07, 6.45) is 0.0364. The van der Waals surface area contributed by atoms with Gasteiger partial charge in [-0.1, -0.05) is 40.6 Å². The second-order valence-electron chi connectivity index (χ2n) is 4.30. The van der Waals surface area contributed by atoms with E-state index in [1.165, 1.54) is 11.3 Å². The number of hydrogen-bond acceptors (Lipinski definition) is 5. The highest BCUT2D eigenvalue weighted by molar-refractivity contribution is 7.15. The van der Waals surface area contributed by atoms with Crippen LogP contribution in [0.2, 0.25) is 10.0 Å². The fraction of sp³-hybridized carbons (Fsp3) is 0.308. The highest BCUT2D eigenvalue weighted by atomic mass is 35.5. The standard InChI is InChI=1S/C13H13Cl2N3O2S/c1-7(20-2)12-17-18-13(21-12)16-11(19)6-8-3-4-9(14)10(15)5-8/h3-5,7H,6H2,1-2H3,(H,16,18,19). The number of carbonyl (C=O) groups is 1. The van der Waals surface area contributed by atoms with E-state index >= 15 is 0 Å².